The minimum atomic E-state index is -2.69. The number of carbonyl (C=O) groups is 1. The molecule has 152 valence electrons. The van der Waals surface area contributed by atoms with Crippen molar-refractivity contribution < 1.29 is 18.3 Å². The third kappa shape index (κ3) is 5.99. The Morgan fingerprint density at radius 3 is 2.64 bits per heavy atom. The normalized spacial score (nSPS) is 13.5. The summed E-state index contributed by atoms with van der Waals surface area (Å²) in [6.45, 7) is 7.41. The van der Waals surface area contributed by atoms with Gasteiger partial charge in [-0.3, -0.25) is 4.79 Å². The van der Waals surface area contributed by atoms with Crippen molar-refractivity contribution >= 4 is 11.7 Å². The van der Waals surface area contributed by atoms with Crippen LogP contribution >= 0.6 is 0 Å². The minimum Gasteiger partial charge on any atom is -0.491 e. The van der Waals surface area contributed by atoms with Gasteiger partial charge < -0.3 is 15.8 Å². The Kier molecular flexibility index (Phi) is 7.07. The van der Waals surface area contributed by atoms with Crippen LogP contribution in [0.3, 0.4) is 0 Å². The van der Waals surface area contributed by atoms with E-state index in [0.717, 1.165) is 0 Å². The van der Waals surface area contributed by atoms with Crippen LogP contribution in [0.4, 0.5) is 14.6 Å². The van der Waals surface area contributed by atoms with Crippen molar-refractivity contribution in [1.29, 1.82) is 0 Å². The molecule has 0 saturated heterocycles. The minimum absolute atomic E-state index is 0.0953. The maximum atomic E-state index is 13.6. The van der Waals surface area contributed by atoms with Gasteiger partial charge in [-0.2, -0.15) is 0 Å². The average Bonchev–Trinajstić information content (AvgIpc) is 2.58. The van der Waals surface area contributed by atoms with Gasteiger partial charge in [-0.15, -0.1) is 0 Å². The highest BCUT2D eigenvalue weighted by atomic mass is 19.3. The molecule has 1 atom stereocenters. The highest BCUT2D eigenvalue weighted by molar-refractivity contribution is 5.88. The van der Waals surface area contributed by atoms with Crippen LogP contribution in [-0.4, -0.2) is 23.0 Å². The largest absolute Gasteiger partial charge is 0.491 e. The summed E-state index contributed by atoms with van der Waals surface area (Å²) in [6, 6.07) is 7.89. The molecule has 1 amide bonds. The van der Waals surface area contributed by atoms with Gasteiger partial charge in [0.05, 0.1) is 5.56 Å². The number of benzene rings is 1. The summed E-state index contributed by atoms with van der Waals surface area (Å²) in [5.41, 5.74) is 6.54. The monoisotopic (exact) mass is 391 g/mol. The zero-order valence-corrected chi connectivity index (χ0v) is 16.6. The van der Waals surface area contributed by atoms with E-state index >= 15 is 0 Å². The van der Waals surface area contributed by atoms with Gasteiger partial charge in [0.1, 0.15) is 18.2 Å². The zero-order chi connectivity index (χ0) is 20.9. The first-order valence-corrected chi connectivity index (χ1v) is 9.16. The second-order valence-electron chi connectivity index (χ2n) is 7.68. The third-order valence-corrected chi connectivity index (χ3v) is 4.08. The Bertz CT molecular complexity index is 823. The van der Waals surface area contributed by atoms with Crippen LogP contribution in [0.15, 0.2) is 36.5 Å². The second-order valence-corrected chi connectivity index (χ2v) is 7.68. The number of para-hydroxylation sites is 1. The topological polar surface area (TPSA) is 77.2 Å². The molecule has 2 aromatic rings. The van der Waals surface area contributed by atoms with Gasteiger partial charge in [-0.1, -0.05) is 26.0 Å². The van der Waals surface area contributed by atoms with E-state index in [0.29, 0.717) is 29.3 Å². The molecule has 5 nitrogen and oxygen atoms in total. The molecule has 0 bridgehead atoms. The Hall–Kier alpha value is -2.54. The van der Waals surface area contributed by atoms with Crippen molar-refractivity contribution in [3.8, 4) is 16.9 Å². The fraction of sp³-hybridized carbons (Fsp3) is 0.429. The van der Waals surface area contributed by atoms with Gasteiger partial charge in [-0.25, -0.2) is 13.8 Å². The maximum absolute atomic E-state index is 13.6. The number of anilines is 1. The van der Waals surface area contributed by atoms with Crippen molar-refractivity contribution in [2.45, 2.75) is 46.1 Å². The number of hydrogen-bond donors (Lipinski definition) is 2. The second kappa shape index (κ2) is 9.10. The predicted octanol–water partition coefficient (Wildman–Crippen LogP) is 4.79. The lowest BCUT2D eigenvalue weighted by Crippen LogP contribution is -2.43. The fourth-order valence-electron chi connectivity index (χ4n) is 3.19. The van der Waals surface area contributed by atoms with Crippen LogP contribution in [0.5, 0.6) is 5.75 Å². The summed E-state index contributed by atoms with van der Waals surface area (Å²) >= 11 is 0. The summed E-state index contributed by atoms with van der Waals surface area (Å²) < 4.78 is 33.1. The average molecular weight is 391 g/mol. The summed E-state index contributed by atoms with van der Waals surface area (Å²) in [4.78, 5) is 15.4. The quantitative estimate of drug-likeness (QED) is 0.678. The molecule has 0 saturated carbocycles. The number of alkyl halides is 2. The van der Waals surface area contributed by atoms with Gasteiger partial charge in [0.2, 0.25) is 5.91 Å². The molecule has 1 heterocycles. The Morgan fingerprint density at radius 1 is 1.32 bits per heavy atom. The van der Waals surface area contributed by atoms with Crippen molar-refractivity contribution in [2.24, 2.45) is 11.7 Å². The maximum Gasteiger partial charge on any atom is 0.267 e. The molecule has 1 aromatic carbocycles. The SMILES string of the molecule is CC(=O)Nc1cc(-c2cccc(C(F)F)c2OCC(C)(N)CC(C)C)ccn1. The molecule has 28 heavy (non-hydrogen) atoms. The lowest BCUT2D eigenvalue weighted by atomic mass is 9.92. The Labute approximate surface area is 164 Å². The van der Waals surface area contributed by atoms with E-state index < -0.39 is 12.0 Å². The highest BCUT2D eigenvalue weighted by Crippen LogP contribution is 2.39. The van der Waals surface area contributed by atoms with Crippen molar-refractivity contribution in [3.63, 3.8) is 0 Å². The number of nitrogens with two attached hydrogens (primary N) is 1. The smallest absolute Gasteiger partial charge is 0.267 e. The van der Waals surface area contributed by atoms with Crippen LogP contribution in [0, 0.1) is 5.92 Å². The number of hydrogen-bond acceptors (Lipinski definition) is 4. The number of aromatic nitrogens is 1. The molecule has 0 spiro atoms. The van der Waals surface area contributed by atoms with Crippen LogP contribution in [0.1, 0.15) is 46.1 Å². The molecule has 0 aliphatic rings. The summed E-state index contributed by atoms with van der Waals surface area (Å²) in [6.07, 6.45) is -0.493. The number of carbonyl (C=O) groups excluding carboxylic acids is 1. The predicted molar refractivity (Wildman–Crippen MR) is 106 cm³/mol. The molecule has 0 radical (unpaired) electrons. The molecular formula is C21H27F2N3O2. The van der Waals surface area contributed by atoms with Crippen molar-refractivity contribution in [1.82, 2.24) is 4.98 Å². The molecule has 3 N–H and O–H groups in total. The van der Waals surface area contributed by atoms with E-state index in [4.69, 9.17) is 10.5 Å². The van der Waals surface area contributed by atoms with Gasteiger partial charge in [0.15, 0.2) is 0 Å². The number of nitrogens with one attached hydrogen (secondary N) is 1. The molecule has 2 rings (SSSR count). The van der Waals surface area contributed by atoms with Gasteiger partial charge >= 0.3 is 0 Å². The van der Waals surface area contributed by atoms with Gasteiger partial charge in [-0.05, 0) is 43.0 Å². The molecule has 0 fully saturated rings. The fourth-order valence-corrected chi connectivity index (χ4v) is 3.19. The van der Waals surface area contributed by atoms with Crippen LogP contribution in [0.2, 0.25) is 0 Å². The Morgan fingerprint density at radius 2 is 2.04 bits per heavy atom. The lowest BCUT2D eigenvalue weighted by molar-refractivity contribution is -0.114. The standard InChI is InChI=1S/C21H27F2N3O2/c1-13(2)11-21(4,24)12-28-19-16(6-5-7-17(19)20(22)23)15-8-9-25-18(10-15)26-14(3)27/h5-10,13,20H,11-12,24H2,1-4H3,(H,25,26,27). The zero-order valence-electron chi connectivity index (χ0n) is 16.6. The summed E-state index contributed by atoms with van der Waals surface area (Å²) in [5.74, 6) is 0.513. The molecular weight excluding hydrogens is 364 g/mol. The van der Waals surface area contributed by atoms with E-state index in [9.17, 15) is 13.6 Å². The lowest BCUT2D eigenvalue weighted by Gasteiger charge is -2.28. The van der Waals surface area contributed by atoms with Crippen LogP contribution in [-0.2, 0) is 4.79 Å². The van der Waals surface area contributed by atoms with Gasteiger partial charge in [0, 0.05) is 24.2 Å². The number of ether oxygens (including phenoxy) is 1. The van der Waals surface area contributed by atoms with E-state index in [1.807, 2.05) is 20.8 Å². The number of halogens is 2. The van der Waals surface area contributed by atoms with Crippen LogP contribution in [0.25, 0.3) is 11.1 Å². The van der Waals surface area contributed by atoms with Gasteiger partial charge in [0.25, 0.3) is 6.43 Å². The molecule has 1 aromatic heterocycles. The summed E-state index contributed by atoms with van der Waals surface area (Å²) in [7, 11) is 0. The molecule has 0 aliphatic carbocycles. The first-order valence-electron chi connectivity index (χ1n) is 9.16. The first kappa shape index (κ1) is 21.8. The third-order valence-electron chi connectivity index (χ3n) is 4.08. The van der Waals surface area contributed by atoms with E-state index in [1.54, 1.807) is 24.3 Å². The number of pyridine rings is 1. The van der Waals surface area contributed by atoms with E-state index in [1.165, 1.54) is 19.2 Å². The van der Waals surface area contributed by atoms with Crippen molar-refractivity contribution in [3.05, 3.63) is 42.1 Å². The highest BCUT2D eigenvalue weighted by Gasteiger charge is 2.25. The number of amides is 1. The van der Waals surface area contributed by atoms with Crippen LogP contribution < -0.4 is 15.8 Å². The number of rotatable bonds is 8. The Balaban J connectivity index is 2.43. The summed E-state index contributed by atoms with van der Waals surface area (Å²) in [5, 5.41) is 2.59. The molecule has 7 heteroatoms. The van der Waals surface area contributed by atoms with Crippen molar-refractivity contribution in [2.75, 3.05) is 11.9 Å². The van der Waals surface area contributed by atoms with E-state index in [-0.39, 0.29) is 23.8 Å². The number of nitrogens with zero attached hydrogens (tertiary/aromatic N) is 1. The molecule has 1 unspecified atom stereocenters. The molecule has 0 aliphatic heterocycles. The first-order chi connectivity index (χ1) is 13.1. The van der Waals surface area contributed by atoms with E-state index in [2.05, 4.69) is 10.3 Å².